The number of aromatic nitrogens is 2. The topological polar surface area (TPSA) is 83.3 Å². The van der Waals surface area contributed by atoms with E-state index in [2.05, 4.69) is 20.8 Å². The lowest BCUT2D eigenvalue weighted by Crippen LogP contribution is -2.28. The number of amides is 1. The first kappa shape index (κ1) is 18.1. The number of hydrogen-bond donors (Lipinski definition) is 2. The molecule has 2 heterocycles. The van der Waals surface area contributed by atoms with Crippen LogP contribution in [0.1, 0.15) is 18.7 Å². The minimum Gasteiger partial charge on any atom is -0.353 e. The number of anilines is 2. The zero-order valence-corrected chi connectivity index (χ0v) is 15.9. The van der Waals surface area contributed by atoms with Crippen molar-refractivity contribution in [1.29, 1.82) is 0 Å². The van der Waals surface area contributed by atoms with Gasteiger partial charge in [-0.25, -0.2) is 0 Å². The first-order valence-corrected chi connectivity index (χ1v) is 9.43. The van der Waals surface area contributed by atoms with E-state index < -0.39 is 0 Å². The van der Waals surface area contributed by atoms with Crippen molar-refractivity contribution in [3.8, 4) is 11.4 Å². The highest BCUT2D eigenvalue weighted by Gasteiger charge is 2.21. The standard InChI is InChI=1S/C20H19N5O2S/c26-18-10-5-11-25(18)16-9-4-8-15(12-16)22-20(28)21-13-17-23-19(24-27-17)14-6-2-1-3-7-14/h1-4,6-9,12H,5,10-11,13H2,(H2,21,22,28). The molecule has 1 amide bonds. The van der Waals surface area contributed by atoms with Crippen LogP contribution in [0, 0.1) is 0 Å². The Morgan fingerprint density at radius 3 is 2.82 bits per heavy atom. The maximum Gasteiger partial charge on any atom is 0.246 e. The number of carbonyl (C=O) groups is 1. The molecule has 0 radical (unpaired) electrons. The molecular weight excluding hydrogens is 374 g/mol. The number of thiocarbonyl (C=S) groups is 1. The second-order valence-corrected chi connectivity index (χ2v) is 6.79. The van der Waals surface area contributed by atoms with Crippen molar-refractivity contribution < 1.29 is 9.32 Å². The van der Waals surface area contributed by atoms with Gasteiger partial charge in [0.15, 0.2) is 5.11 Å². The fraction of sp³-hybridized carbons (Fsp3) is 0.200. The zero-order valence-electron chi connectivity index (χ0n) is 15.1. The van der Waals surface area contributed by atoms with Crippen molar-refractivity contribution >= 4 is 34.6 Å². The van der Waals surface area contributed by atoms with Crippen LogP contribution in [0.3, 0.4) is 0 Å². The van der Waals surface area contributed by atoms with Crippen LogP contribution in [0.4, 0.5) is 11.4 Å². The van der Waals surface area contributed by atoms with E-state index in [0.717, 1.165) is 29.9 Å². The Morgan fingerprint density at radius 1 is 1.18 bits per heavy atom. The quantitative estimate of drug-likeness (QED) is 0.643. The molecule has 4 rings (SSSR count). The van der Waals surface area contributed by atoms with Crippen LogP contribution in [0.15, 0.2) is 59.1 Å². The lowest BCUT2D eigenvalue weighted by molar-refractivity contribution is -0.117. The normalized spacial score (nSPS) is 13.6. The van der Waals surface area contributed by atoms with Crippen LogP contribution in [-0.4, -0.2) is 27.7 Å². The van der Waals surface area contributed by atoms with E-state index in [1.165, 1.54) is 0 Å². The minimum atomic E-state index is 0.156. The van der Waals surface area contributed by atoms with E-state index in [4.69, 9.17) is 16.7 Å². The van der Waals surface area contributed by atoms with Gasteiger partial charge < -0.3 is 20.1 Å². The van der Waals surface area contributed by atoms with Gasteiger partial charge in [0.2, 0.25) is 17.6 Å². The second-order valence-electron chi connectivity index (χ2n) is 6.38. The predicted octanol–water partition coefficient (Wildman–Crippen LogP) is 3.35. The molecular formula is C20H19N5O2S. The lowest BCUT2D eigenvalue weighted by atomic mass is 10.2. The Labute approximate surface area is 167 Å². The monoisotopic (exact) mass is 393 g/mol. The van der Waals surface area contributed by atoms with Gasteiger partial charge in [0.05, 0.1) is 6.54 Å². The third-order valence-electron chi connectivity index (χ3n) is 4.39. The fourth-order valence-corrected chi connectivity index (χ4v) is 3.23. The van der Waals surface area contributed by atoms with Crippen LogP contribution >= 0.6 is 12.2 Å². The highest BCUT2D eigenvalue weighted by molar-refractivity contribution is 7.80. The Hall–Kier alpha value is -3.26. The highest BCUT2D eigenvalue weighted by Crippen LogP contribution is 2.24. The fourth-order valence-electron chi connectivity index (χ4n) is 3.04. The number of hydrogen-bond acceptors (Lipinski definition) is 5. The number of carbonyl (C=O) groups excluding carboxylic acids is 1. The van der Waals surface area contributed by atoms with Crippen molar-refractivity contribution in [1.82, 2.24) is 15.5 Å². The molecule has 7 nitrogen and oxygen atoms in total. The van der Waals surface area contributed by atoms with Gasteiger partial charge >= 0.3 is 0 Å². The molecule has 1 aliphatic rings. The summed E-state index contributed by atoms with van der Waals surface area (Å²) in [5, 5.41) is 10.6. The number of nitrogens with zero attached hydrogens (tertiary/aromatic N) is 3. The number of benzene rings is 2. The SMILES string of the molecule is O=C1CCCN1c1cccc(NC(=S)NCc2nc(-c3ccccc3)no2)c1. The molecule has 1 aromatic heterocycles. The predicted molar refractivity (Wildman–Crippen MR) is 111 cm³/mol. The lowest BCUT2D eigenvalue weighted by Gasteiger charge is -2.17. The smallest absolute Gasteiger partial charge is 0.246 e. The molecule has 142 valence electrons. The van der Waals surface area contributed by atoms with Gasteiger partial charge in [-0.2, -0.15) is 4.98 Å². The molecule has 2 N–H and O–H groups in total. The van der Waals surface area contributed by atoms with Crippen LogP contribution in [-0.2, 0) is 11.3 Å². The Bertz CT molecular complexity index is 989. The van der Waals surface area contributed by atoms with Gasteiger partial charge in [-0.3, -0.25) is 4.79 Å². The summed E-state index contributed by atoms with van der Waals surface area (Å²) in [6, 6.07) is 17.3. The summed E-state index contributed by atoms with van der Waals surface area (Å²) in [6.45, 7) is 1.07. The average molecular weight is 393 g/mol. The molecule has 28 heavy (non-hydrogen) atoms. The largest absolute Gasteiger partial charge is 0.353 e. The van der Waals surface area contributed by atoms with Gasteiger partial charge in [0.1, 0.15) is 0 Å². The molecule has 1 aliphatic heterocycles. The van der Waals surface area contributed by atoms with E-state index in [0.29, 0.717) is 29.8 Å². The Kier molecular flexibility index (Phi) is 5.29. The second kappa shape index (κ2) is 8.18. The molecule has 3 aromatic rings. The summed E-state index contributed by atoms with van der Waals surface area (Å²) in [4.78, 5) is 18.1. The molecule has 0 aliphatic carbocycles. The number of rotatable bonds is 5. The summed E-state index contributed by atoms with van der Waals surface area (Å²) in [6.07, 6.45) is 1.50. The first-order chi connectivity index (χ1) is 13.7. The first-order valence-electron chi connectivity index (χ1n) is 9.02. The van der Waals surface area contributed by atoms with E-state index in [9.17, 15) is 4.79 Å². The van der Waals surface area contributed by atoms with Crippen LogP contribution in [0.25, 0.3) is 11.4 Å². The van der Waals surface area contributed by atoms with E-state index in [1.54, 1.807) is 4.90 Å². The molecule has 0 atom stereocenters. The van der Waals surface area contributed by atoms with E-state index in [-0.39, 0.29) is 5.91 Å². The summed E-state index contributed by atoms with van der Waals surface area (Å²) in [5.41, 5.74) is 2.58. The van der Waals surface area contributed by atoms with Crippen LogP contribution in [0.2, 0.25) is 0 Å². The highest BCUT2D eigenvalue weighted by atomic mass is 32.1. The van der Waals surface area contributed by atoms with E-state index in [1.807, 2.05) is 54.6 Å². The van der Waals surface area contributed by atoms with Gasteiger partial charge in [-0.15, -0.1) is 0 Å². The molecule has 0 bridgehead atoms. The molecule has 2 aromatic carbocycles. The molecule has 0 unspecified atom stereocenters. The van der Waals surface area contributed by atoms with Gasteiger partial charge in [-0.05, 0) is 36.8 Å². The minimum absolute atomic E-state index is 0.156. The summed E-state index contributed by atoms with van der Waals surface area (Å²) >= 11 is 5.34. The van der Waals surface area contributed by atoms with Crippen molar-refractivity contribution in [2.24, 2.45) is 0 Å². The number of nitrogens with one attached hydrogen (secondary N) is 2. The van der Waals surface area contributed by atoms with Gasteiger partial charge in [0.25, 0.3) is 0 Å². The van der Waals surface area contributed by atoms with Crippen molar-refractivity contribution in [2.75, 3.05) is 16.8 Å². The zero-order chi connectivity index (χ0) is 19.3. The van der Waals surface area contributed by atoms with E-state index >= 15 is 0 Å². The third kappa shape index (κ3) is 4.17. The van der Waals surface area contributed by atoms with Crippen LogP contribution < -0.4 is 15.5 Å². The van der Waals surface area contributed by atoms with Crippen molar-refractivity contribution in [2.45, 2.75) is 19.4 Å². The van der Waals surface area contributed by atoms with Crippen LogP contribution in [0.5, 0.6) is 0 Å². The molecule has 1 saturated heterocycles. The molecule has 8 heteroatoms. The Morgan fingerprint density at radius 2 is 2.04 bits per heavy atom. The summed E-state index contributed by atoms with van der Waals surface area (Å²) in [5.74, 6) is 1.14. The maximum absolute atomic E-state index is 11.9. The molecule has 0 spiro atoms. The van der Waals surface area contributed by atoms with Crippen molar-refractivity contribution in [3.63, 3.8) is 0 Å². The van der Waals surface area contributed by atoms with Crippen molar-refractivity contribution in [3.05, 3.63) is 60.5 Å². The maximum atomic E-state index is 11.9. The van der Waals surface area contributed by atoms with Gasteiger partial charge in [0, 0.05) is 29.9 Å². The Balaban J connectivity index is 1.34. The molecule has 1 fully saturated rings. The molecule has 0 saturated carbocycles. The average Bonchev–Trinajstić information content (AvgIpc) is 3.36. The summed E-state index contributed by atoms with van der Waals surface area (Å²) in [7, 11) is 0. The summed E-state index contributed by atoms with van der Waals surface area (Å²) < 4.78 is 5.26. The van der Waals surface area contributed by atoms with Gasteiger partial charge in [-0.1, -0.05) is 41.6 Å². The third-order valence-corrected chi connectivity index (χ3v) is 4.64.